The second kappa shape index (κ2) is 24.3. The van der Waals surface area contributed by atoms with Gasteiger partial charge in [-0.1, -0.05) is 63.0 Å². The molecule has 0 spiro atoms. The lowest BCUT2D eigenvalue weighted by molar-refractivity contribution is -0.136. The normalized spacial score (nSPS) is 11.8. The van der Waals surface area contributed by atoms with Crippen LogP contribution in [0.15, 0.2) is 107 Å². The van der Waals surface area contributed by atoms with Crippen LogP contribution in [0.4, 0.5) is 8.78 Å². The second-order valence-corrected chi connectivity index (χ2v) is 22.3. The van der Waals surface area contributed by atoms with Crippen LogP contribution in [0.5, 0.6) is 11.8 Å². The molecule has 0 aliphatic carbocycles. The molecule has 2 aromatic heterocycles. The summed E-state index contributed by atoms with van der Waals surface area (Å²) in [6, 6.07) is 19.9. The number of benzene rings is 4. The molecule has 6 aromatic rings. The van der Waals surface area contributed by atoms with E-state index in [4.69, 9.17) is 37.8 Å². The number of pyridine rings is 2. The molecule has 6 rings (SSSR count). The first kappa shape index (κ1) is 59.5. The molecule has 392 valence electrons. The molecule has 0 fully saturated rings. The Bertz CT molecular complexity index is 3220. The summed E-state index contributed by atoms with van der Waals surface area (Å²) in [6.45, 7) is 13.7. The van der Waals surface area contributed by atoms with Crippen molar-refractivity contribution >= 4 is 55.1 Å². The Labute approximate surface area is 434 Å². The molecule has 0 aliphatic rings. The fraction of sp³-hybridized carbons (Fsp3) is 0.308. The van der Waals surface area contributed by atoms with Gasteiger partial charge in [0.25, 0.3) is 10.0 Å². The number of carboxylic acids is 1. The van der Waals surface area contributed by atoms with Gasteiger partial charge >= 0.3 is 5.97 Å². The van der Waals surface area contributed by atoms with E-state index in [1.807, 2.05) is 27.7 Å². The number of sulfonamides is 2. The van der Waals surface area contributed by atoms with E-state index in [2.05, 4.69) is 14.7 Å². The summed E-state index contributed by atoms with van der Waals surface area (Å²) in [6.07, 6.45) is 2.58. The van der Waals surface area contributed by atoms with Crippen molar-refractivity contribution < 1.29 is 60.0 Å². The zero-order valence-corrected chi connectivity index (χ0v) is 44.9. The van der Waals surface area contributed by atoms with Crippen LogP contribution in [0.2, 0.25) is 10.0 Å². The Morgan fingerprint density at radius 2 is 1.05 bits per heavy atom. The van der Waals surface area contributed by atoms with Gasteiger partial charge in [0.05, 0.1) is 48.1 Å². The number of nitrogens with two attached hydrogens (primary N) is 1. The minimum Gasteiger partial charge on any atom is -0.481 e. The lowest BCUT2D eigenvalue weighted by atomic mass is 9.88. The van der Waals surface area contributed by atoms with Gasteiger partial charge in [0.1, 0.15) is 11.6 Å². The Balaban J connectivity index is 0.000000264. The van der Waals surface area contributed by atoms with Crippen molar-refractivity contribution in [2.24, 2.45) is 5.14 Å². The van der Waals surface area contributed by atoms with Crippen LogP contribution < -0.4 is 19.3 Å². The lowest BCUT2D eigenvalue weighted by Gasteiger charge is -2.20. The number of primary sulfonamides is 1. The van der Waals surface area contributed by atoms with Gasteiger partial charge in [0.2, 0.25) is 27.7 Å². The number of aliphatic carboxylic acids is 1. The fourth-order valence-electron chi connectivity index (χ4n) is 7.52. The van der Waals surface area contributed by atoms with E-state index in [0.29, 0.717) is 67.4 Å². The van der Waals surface area contributed by atoms with E-state index in [1.165, 1.54) is 94.9 Å². The van der Waals surface area contributed by atoms with E-state index < -0.39 is 48.9 Å². The second-order valence-electron chi connectivity index (χ2n) is 18.2. The Morgan fingerprint density at radius 3 is 1.41 bits per heavy atom. The fourth-order valence-corrected chi connectivity index (χ4v) is 10.0. The Kier molecular flexibility index (Phi) is 19.8. The number of ether oxygens (including phenoxy) is 2. The number of carbonyl (C=O) groups is 2. The highest BCUT2D eigenvalue weighted by atomic mass is 35.5. The molecular formula is C52H58Cl2F2N4O11S2. The molecule has 15 nitrogen and oxygen atoms in total. The average molecular weight is 1090 g/mol. The predicted molar refractivity (Wildman–Crippen MR) is 276 cm³/mol. The summed E-state index contributed by atoms with van der Waals surface area (Å²) in [5.74, 6) is -2.03. The van der Waals surface area contributed by atoms with Gasteiger partial charge in [-0.25, -0.2) is 45.4 Å². The minimum absolute atomic E-state index is 0.0209. The number of hydrogen-bond donors (Lipinski definition) is 5. The number of carboxylic acid groups (broad SMARTS) is 1. The van der Waals surface area contributed by atoms with Gasteiger partial charge < -0.3 is 24.8 Å². The summed E-state index contributed by atoms with van der Waals surface area (Å²) < 4.78 is 88.7. The average Bonchev–Trinajstić information content (AvgIpc) is 3.28. The third kappa shape index (κ3) is 16.2. The third-order valence-corrected chi connectivity index (χ3v) is 13.9. The quantitative estimate of drug-likeness (QED) is 0.0644. The van der Waals surface area contributed by atoms with Crippen LogP contribution in [0, 0.1) is 11.6 Å². The van der Waals surface area contributed by atoms with Crippen molar-refractivity contribution in [2.75, 3.05) is 14.2 Å². The molecule has 0 aliphatic heterocycles. The maximum Gasteiger partial charge on any atom is 0.307 e. The van der Waals surface area contributed by atoms with Gasteiger partial charge in [0.15, 0.2) is 0 Å². The Hall–Kier alpha value is -6.06. The van der Waals surface area contributed by atoms with E-state index in [9.17, 15) is 50.5 Å². The minimum atomic E-state index is -4.26. The van der Waals surface area contributed by atoms with E-state index >= 15 is 0 Å². The zero-order valence-electron chi connectivity index (χ0n) is 41.7. The monoisotopic (exact) mass is 1090 g/mol. The highest BCUT2D eigenvalue weighted by molar-refractivity contribution is 7.90. The standard InChI is InChI=1S/C26H28ClFN2O5S.C17H18FNO3.C9H12ClNO3S/c1-15(2)19-11-17(28)12-20(16-8-9-29-25(10-16)35-5)21(19)14-24(31)30-36(33,34)18-6-7-22(23(27)13-18)26(3,4)32;1-10(2)13-7-12(18)8-14(15(13)9-17(20)21)11-4-5-19-16(6-11)22-3;1-9(2,12)7-4-3-6(5-8(7)10)15(11,13)14/h6-13,15,32H,14H2,1-5H3,(H,30,31);4-8,10H,9H2,1-3H3,(H,20,21);3-5,12H,1-2H3,(H2,11,13,14). The zero-order chi connectivity index (χ0) is 55.0. The number of hydrogen-bond acceptors (Lipinski definition) is 12. The van der Waals surface area contributed by atoms with Gasteiger partial charge in [-0.2, -0.15) is 0 Å². The van der Waals surface area contributed by atoms with Crippen molar-refractivity contribution in [3.8, 4) is 34.0 Å². The summed E-state index contributed by atoms with van der Waals surface area (Å²) in [4.78, 5) is 32.0. The number of aromatic nitrogens is 2. The third-order valence-electron chi connectivity index (χ3n) is 11.0. The molecule has 1 amide bonds. The van der Waals surface area contributed by atoms with Crippen molar-refractivity contribution in [1.82, 2.24) is 14.7 Å². The molecule has 6 N–H and O–H groups in total. The number of nitrogens with one attached hydrogen (secondary N) is 1. The highest BCUT2D eigenvalue weighted by Gasteiger charge is 2.26. The Morgan fingerprint density at radius 1 is 0.658 bits per heavy atom. The topological polar surface area (TPSA) is 245 Å². The summed E-state index contributed by atoms with van der Waals surface area (Å²) in [7, 11) is -5.07. The number of aliphatic hydroxyl groups is 2. The van der Waals surface area contributed by atoms with Crippen molar-refractivity contribution in [2.45, 2.75) is 101 Å². The number of rotatable bonds is 15. The maximum atomic E-state index is 14.5. The molecular weight excluding hydrogens is 1030 g/mol. The van der Waals surface area contributed by atoms with Crippen LogP contribution >= 0.6 is 23.2 Å². The lowest BCUT2D eigenvalue weighted by Crippen LogP contribution is -2.32. The molecule has 21 heteroatoms. The van der Waals surface area contributed by atoms with Gasteiger partial charge in [0, 0.05) is 45.7 Å². The van der Waals surface area contributed by atoms with E-state index in [1.54, 1.807) is 44.3 Å². The van der Waals surface area contributed by atoms with Crippen LogP contribution in [0.25, 0.3) is 22.3 Å². The number of carbonyl (C=O) groups excluding carboxylic acids is 1. The number of halogens is 4. The molecule has 0 atom stereocenters. The number of nitrogens with zero attached hydrogens (tertiary/aromatic N) is 2. The highest BCUT2D eigenvalue weighted by Crippen LogP contribution is 2.36. The smallest absolute Gasteiger partial charge is 0.307 e. The molecule has 0 unspecified atom stereocenters. The van der Waals surface area contributed by atoms with Crippen molar-refractivity contribution in [1.29, 1.82) is 0 Å². The maximum absolute atomic E-state index is 14.5. The number of amides is 1. The van der Waals surface area contributed by atoms with Crippen LogP contribution in [-0.2, 0) is 53.7 Å². The molecule has 0 radical (unpaired) electrons. The van der Waals surface area contributed by atoms with Crippen LogP contribution in [0.3, 0.4) is 0 Å². The van der Waals surface area contributed by atoms with Gasteiger partial charge in [-0.05, 0) is 145 Å². The summed E-state index contributed by atoms with van der Waals surface area (Å²) in [5.41, 5.74) is 3.05. The van der Waals surface area contributed by atoms with Gasteiger partial charge in [-0.15, -0.1) is 0 Å². The first-order chi connectivity index (χ1) is 33.8. The molecule has 0 saturated carbocycles. The molecule has 2 heterocycles. The molecule has 0 bridgehead atoms. The summed E-state index contributed by atoms with van der Waals surface area (Å²) >= 11 is 12.0. The van der Waals surface area contributed by atoms with Crippen molar-refractivity contribution in [3.63, 3.8) is 0 Å². The first-order valence-corrected chi connectivity index (χ1v) is 26.1. The molecule has 73 heavy (non-hydrogen) atoms. The van der Waals surface area contributed by atoms with E-state index in [0.717, 1.165) is 0 Å². The molecule has 0 saturated heterocycles. The van der Waals surface area contributed by atoms with Crippen LogP contribution in [-0.4, -0.2) is 68.2 Å². The van der Waals surface area contributed by atoms with Crippen molar-refractivity contribution in [3.05, 3.63) is 152 Å². The summed E-state index contributed by atoms with van der Waals surface area (Å²) in [5, 5.41) is 34.2. The van der Waals surface area contributed by atoms with Gasteiger partial charge in [-0.3, -0.25) is 9.59 Å². The number of methoxy groups -OCH3 is 2. The largest absolute Gasteiger partial charge is 0.481 e. The van der Waals surface area contributed by atoms with Crippen LogP contribution in [0.1, 0.15) is 101 Å². The first-order valence-electron chi connectivity index (χ1n) is 22.3. The van der Waals surface area contributed by atoms with E-state index in [-0.39, 0.29) is 50.3 Å². The SMILES string of the molecule is CC(C)(O)c1ccc(S(N)(=O)=O)cc1Cl.COc1cc(-c2cc(F)cc(C(C)C)c2CC(=O)NS(=O)(=O)c2ccc(C(C)(C)O)c(Cl)c2)ccn1.COc1cc(-c2cc(F)cc(C(C)C)c2CC(=O)O)ccn1. The predicted octanol–water partition coefficient (Wildman–Crippen LogP) is 9.81. The molecule has 4 aromatic carbocycles.